The van der Waals surface area contributed by atoms with Gasteiger partial charge >= 0.3 is 0 Å². The molecule has 1 aliphatic heterocycles. The van der Waals surface area contributed by atoms with E-state index in [0.717, 1.165) is 30.9 Å². The van der Waals surface area contributed by atoms with Crippen molar-refractivity contribution in [2.75, 3.05) is 26.2 Å². The fraction of sp³-hybridized carbons (Fsp3) is 0.500. The van der Waals surface area contributed by atoms with Gasteiger partial charge in [-0.15, -0.1) is 0 Å². The van der Waals surface area contributed by atoms with Crippen molar-refractivity contribution in [2.45, 2.75) is 26.1 Å². The van der Waals surface area contributed by atoms with E-state index in [-0.39, 0.29) is 5.75 Å². The van der Waals surface area contributed by atoms with Crippen LogP contribution in [0.25, 0.3) is 0 Å². The van der Waals surface area contributed by atoms with E-state index in [2.05, 4.69) is 16.9 Å². The summed E-state index contributed by atoms with van der Waals surface area (Å²) in [4.78, 5) is 2.31. The summed E-state index contributed by atoms with van der Waals surface area (Å²) < 4.78 is 28.8. The summed E-state index contributed by atoms with van der Waals surface area (Å²) in [7, 11) is -1.30. The molecule has 1 fully saturated rings. The molecule has 1 aliphatic rings. The molecule has 6 nitrogen and oxygen atoms in total. The van der Waals surface area contributed by atoms with Crippen LogP contribution in [0.15, 0.2) is 30.3 Å². The summed E-state index contributed by atoms with van der Waals surface area (Å²) in [6.45, 7) is 7.54. The SMILES string of the molecule is Cc1nn(C)c(C)c1CN1CCN(S(=O)(=O)Cc2ccccc2)CC1. The molecule has 0 saturated carbocycles. The Morgan fingerprint density at radius 1 is 1.04 bits per heavy atom. The molecule has 136 valence electrons. The molecular formula is C18H26N4O2S. The van der Waals surface area contributed by atoms with Crippen molar-refractivity contribution < 1.29 is 8.42 Å². The zero-order chi connectivity index (χ0) is 18.0. The summed E-state index contributed by atoms with van der Waals surface area (Å²) in [5.74, 6) is 0.0780. The Kier molecular flexibility index (Phi) is 5.27. The van der Waals surface area contributed by atoms with Gasteiger partial charge in [0, 0.05) is 51.0 Å². The van der Waals surface area contributed by atoms with Crippen LogP contribution in [0.1, 0.15) is 22.5 Å². The van der Waals surface area contributed by atoms with Crippen LogP contribution in [0.5, 0.6) is 0 Å². The predicted molar refractivity (Wildman–Crippen MR) is 98.6 cm³/mol. The Balaban J connectivity index is 1.60. The maximum absolute atomic E-state index is 12.6. The fourth-order valence-electron chi connectivity index (χ4n) is 3.31. The van der Waals surface area contributed by atoms with Gasteiger partial charge in [0.2, 0.25) is 10.0 Å². The van der Waals surface area contributed by atoms with E-state index in [1.807, 2.05) is 49.0 Å². The second-order valence-corrected chi connectivity index (χ2v) is 8.66. The normalized spacial score (nSPS) is 17.1. The maximum atomic E-state index is 12.6. The monoisotopic (exact) mass is 362 g/mol. The van der Waals surface area contributed by atoms with Crippen LogP contribution in [0.3, 0.4) is 0 Å². The van der Waals surface area contributed by atoms with Gasteiger partial charge in [-0.3, -0.25) is 9.58 Å². The Labute approximate surface area is 150 Å². The lowest BCUT2D eigenvalue weighted by Gasteiger charge is -2.34. The molecule has 0 unspecified atom stereocenters. The number of hydrogen-bond donors (Lipinski definition) is 0. The van der Waals surface area contributed by atoms with E-state index >= 15 is 0 Å². The largest absolute Gasteiger partial charge is 0.296 e. The molecule has 1 saturated heterocycles. The fourth-order valence-corrected chi connectivity index (χ4v) is 4.83. The highest BCUT2D eigenvalue weighted by molar-refractivity contribution is 7.88. The van der Waals surface area contributed by atoms with Crippen LogP contribution in [0, 0.1) is 13.8 Å². The first-order valence-electron chi connectivity index (χ1n) is 8.60. The molecule has 0 radical (unpaired) electrons. The van der Waals surface area contributed by atoms with Gasteiger partial charge in [-0.2, -0.15) is 9.40 Å². The lowest BCUT2D eigenvalue weighted by molar-refractivity contribution is 0.181. The Bertz CT molecular complexity index is 822. The summed E-state index contributed by atoms with van der Waals surface area (Å²) in [6, 6.07) is 9.38. The number of aryl methyl sites for hydroxylation is 2. The Morgan fingerprint density at radius 2 is 1.68 bits per heavy atom. The predicted octanol–water partition coefficient (Wildman–Crippen LogP) is 1.68. The number of rotatable bonds is 5. The van der Waals surface area contributed by atoms with E-state index in [9.17, 15) is 8.42 Å². The minimum absolute atomic E-state index is 0.0780. The van der Waals surface area contributed by atoms with Crippen LogP contribution < -0.4 is 0 Å². The zero-order valence-corrected chi connectivity index (χ0v) is 16.0. The summed E-state index contributed by atoms with van der Waals surface area (Å²) >= 11 is 0. The van der Waals surface area contributed by atoms with Crippen molar-refractivity contribution in [1.82, 2.24) is 19.0 Å². The first kappa shape index (κ1) is 18.1. The first-order valence-corrected chi connectivity index (χ1v) is 10.2. The van der Waals surface area contributed by atoms with E-state index in [0.29, 0.717) is 13.1 Å². The third-order valence-electron chi connectivity index (χ3n) is 4.96. The van der Waals surface area contributed by atoms with Crippen molar-refractivity contribution in [3.63, 3.8) is 0 Å². The van der Waals surface area contributed by atoms with Crippen molar-refractivity contribution >= 4 is 10.0 Å². The molecule has 1 aromatic heterocycles. The van der Waals surface area contributed by atoms with Gasteiger partial charge < -0.3 is 0 Å². The molecule has 2 aromatic rings. The Hall–Kier alpha value is -1.70. The van der Waals surface area contributed by atoms with Crippen LogP contribution in [-0.2, 0) is 29.4 Å². The van der Waals surface area contributed by atoms with E-state index in [4.69, 9.17) is 0 Å². The van der Waals surface area contributed by atoms with Crippen LogP contribution >= 0.6 is 0 Å². The third kappa shape index (κ3) is 4.11. The van der Waals surface area contributed by atoms with Crippen molar-refractivity contribution in [2.24, 2.45) is 7.05 Å². The van der Waals surface area contributed by atoms with Crippen molar-refractivity contribution in [3.8, 4) is 0 Å². The van der Waals surface area contributed by atoms with E-state index in [1.165, 1.54) is 11.3 Å². The second kappa shape index (κ2) is 7.27. The lowest BCUT2D eigenvalue weighted by atomic mass is 10.1. The molecule has 2 heterocycles. The van der Waals surface area contributed by atoms with Gasteiger partial charge in [0.15, 0.2) is 0 Å². The van der Waals surface area contributed by atoms with Gasteiger partial charge in [0.1, 0.15) is 0 Å². The van der Waals surface area contributed by atoms with Gasteiger partial charge in [-0.1, -0.05) is 30.3 Å². The average molecular weight is 362 g/mol. The molecule has 0 aliphatic carbocycles. The molecule has 0 N–H and O–H groups in total. The highest BCUT2D eigenvalue weighted by Gasteiger charge is 2.27. The van der Waals surface area contributed by atoms with E-state index < -0.39 is 10.0 Å². The molecule has 3 rings (SSSR count). The number of aromatic nitrogens is 2. The maximum Gasteiger partial charge on any atom is 0.218 e. The highest BCUT2D eigenvalue weighted by atomic mass is 32.2. The molecule has 0 amide bonds. The second-order valence-electron chi connectivity index (χ2n) is 6.69. The summed E-state index contributed by atoms with van der Waals surface area (Å²) in [5.41, 5.74) is 4.32. The molecule has 0 bridgehead atoms. The number of sulfonamides is 1. The molecule has 25 heavy (non-hydrogen) atoms. The molecule has 0 spiro atoms. The van der Waals surface area contributed by atoms with Gasteiger partial charge in [0.25, 0.3) is 0 Å². The number of piperazine rings is 1. The molecule has 0 atom stereocenters. The van der Waals surface area contributed by atoms with Crippen molar-refractivity contribution in [1.29, 1.82) is 0 Å². The highest BCUT2D eigenvalue weighted by Crippen LogP contribution is 2.18. The first-order chi connectivity index (χ1) is 11.9. The van der Waals surface area contributed by atoms with Crippen LogP contribution in [0.4, 0.5) is 0 Å². The minimum Gasteiger partial charge on any atom is -0.296 e. The standard InChI is InChI=1S/C18H26N4O2S/c1-15-18(16(2)20(3)19-15)13-21-9-11-22(12-10-21)25(23,24)14-17-7-5-4-6-8-17/h4-8H,9-14H2,1-3H3. The zero-order valence-electron chi connectivity index (χ0n) is 15.1. The molecule has 7 heteroatoms. The lowest BCUT2D eigenvalue weighted by Crippen LogP contribution is -2.48. The quantitative estimate of drug-likeness (QED) is 0.812. The molecular weight excluding hydrogens is 336 g/mol. The Morgan fingerprint density at radius 3 is 2.24 bits per heavy atom. The number of nitrogens with zero attached hydrogens (tertiary/aromatic N) is 4. The summed E-state index contributed by atoms with van der Waals surface area (Å²) in [5, 5.41) is 4.46. The topological polar surface area (TPSA) is 58.4 Å². The van der Waals surface area contributed by atoms with E-state index in [1.54, 1.807) is 4.31 Å². The van der Waals surface area contributed by atoms with Crippen LogP contribution in [-0.4, -0.2) is 53.6 Å². The average Bonchev–Trinajstić information content (AvgIpc) is 2.82. The molecule has 1 aromatic carbocycles. The number of hydrogen-bond acceptors (Lipinski definition) is 4. The van der Waals surface area contributed by atoms with Crippen LogP contribution in [0.2, 0.25) is 0 Å². The van der Waals surface area contributed by atoms with Gasteiger partial charge in [0.05, 0.1) is 11.4 Å². The van der Waals surface area contributed by atoms with Crippen molar-refractivity contribution in [3.05, 3.63) is 52.8 Å². The van der Waals surface area contributed by atoms with Gasteiger partial charge in [-0.05, 0) is 19.4 Å². The number of benzene rings is 1. The smallest absolute Gasteiger partial charge is 0.218 e. The minimum atomic E-state index is -3.25. The van der Waals surface area contributed by atoms with Gasteiger partial charge in [-0.25, -0.2) is 8.42 Å². The third-order valence-corrected chi connectivity index (χ3v) is 6.81. The summed E-state index contributed by atoms with van der Waals surface area (Å²) in [6.07, 6.45) is 0.